The number of hydrogen-bond acceptors (Lipinski definition) is 2. The van der Waals surface area contributed by atoms with Crippen LogP contribution in [0, 0.1) is 6.33 Å². The van der Waals surface area contributed by atoms with E-state index in [4.69, 9.17) is 9.72 Å². The Morgan fingerprint density at radius 3 is 1.66 bits per heavy atom. The van der Waals surface area contributed by atoms with Gasteiger partial charge in [0.2, 0.25) is 0 Å². The summed E-state index contributed by atoms with van der Waals surface area (Å²) in [7, 11) is 0. The average molecular weight is 1010 g/mol. The summed E-state index contributed by atoms with van der Waals surface area (Å²) in [5.41, 5.74) is 18.7. The topological polar surface area (TPSA) is 35.9 Å². The molecule has 0 unspecified atom stereocenters. The van der Waals surface area contributed by atoms with Gasteiger partial charge in [0, 0.05) is 23.0 Å². The van der Waals surface area contributed by atoms with Crippen molar-refractivity contribution in [2.45, 2.75) is 155 Å². The average Bonchev–Trinajstić information content (AvgIpc) is 4.09. The first kappa shape index (κ1) is 50.6. The molecular formula is C72H76N4O. The van der Waals surface area contributed by atoms with Gasteiger partial charge in [0.05, 0.1) is 33.4 Å². The van der Waals surface area contributed by atoms with E-state index in [1.165, 1.54) is 107 Å². The molecule has 5 nitrogen and oxygen atoms in total. The van der Waals surface area contributed by atoms with Gasteiger partial charge in [-0.05, 0) is 151 Å². The second-order valence-electron chi connectivity index (χ2n) is 26.2. The third-order valence-corrected chi connectivity index (χ3v) is 17.9. The van der Waals surface area contributed by atoms with Crippen molar-refractivity contribution in [3.8, 4) is 50.9 Å². The second kappa shape index (κ2) is 18.7. The fourth-order valence-corrected chi connectivity index (χ4v) is 13.3. The summed E-state index contributed by atoms with van der Waals surface area (Å²) in [5.74, 6) is 2.40. The minimum absolute atomic E-state index is 0.0195. The van der Waals surface area contributed by atoms with Crippen molar-refractivity contribution in [2.24, 2.45) is 0 Å². The van der Waals surface area contributed by atoms with Gasteiger partial charge in [0.25, 0.3) is 6.33 Å². The van der Waals surface area contributed by atoms with Crippen molar-refractivity contribution < 1.29 is 9.30 Å². The predicted octanol–water partition coefficient (Wildman–Crippen LogP) is 18.9. The molecule has 0 spiro atoms. The molecule has 0 radical (unpaired) electrons. The van der Waals surface area contributed by atoms with Crippen LogP contribution in [0.1, 0.15) is 155 Å². The molecule has 77 heavy (non-hydrogen) atoms. The van der Waals surface area contributed by atoms with E-state index >= 15 is 0 Å². The van der Waals surface area contributed by atoms with E-state index in [-0.39, 0.29) is 27.1 Å². The largest absolute Gasteiger partial charge is 0.458 e. The number of pyridine rings is 1. The highest BCUT2D eigenvalue weighted by atomic mass is 16.5. The summed E-state index contributed by atoms with van der Waals surface area (Å²) in [5, 5.41) is 2.34. The molecule has 0 bridgehead atoms. The molecular weight excluding hydrogens is 937 g/mol. The summed E-state index contributed by atoms with van der Waals surface area (Å²) in [4.78, 5) is 4.93. The molecule has 0 N–H and O–H groups in total. The van der Waals surface area contributed by atoms with Crippen LogP contribution in [0.25, 0.3) is 72.3 Å². The molecule has 7 aromatic carbocycles. The fraction of sp³-hybridized carbons (Fsp3) is 0.333. The monoisotopic (exact) mass is 1010 g/mol. The number of ether oxygens (including phenoxy) is 1. The van der Waals surface area contributed by atoms with Crippen molar-refractivity contribution in [1.29, 1.82) is 0 Å². The Bertz CT molecular complexity index is 3800. The minimum atomic E-state index is -0.0195. The first-order valence-corrected chi connectivity index (χ1v) is 28.5. The van der Waals surface area contributed by atoms with Crippen LogP contribution >= 0.6 is 0 Å². The van der Waals surface area contributed by atoms with Crippen molar-refractivity contribution in [3.05, 3.63) is 198 Å². The maximum Gasteiger partial charge on any atom is 0.269 e. The smallest absolute Gasteiger partial charge is 0.269 e. The Labute approximate surface area is 457 Å². The number of fused-ring (bicyclic) bond motifs is 6. The Balaban J connectivity index is 1.02. The standard InChI is InChI=1S/C72H76N4O/c1-68(2,3)50-36-41-73-66(44-50)76-62-27-13-12-24-56(62)57-33-32-53(46-65(57)76)77-52-23-20-22-51(45-52)74-47-75(64-29-15-14-28-63(64)74)67-54(48-30-34-58-60(42-48)71(8,9)39-18-16-37-69(58,4)5)25-21-26-55(67)49-31-35-59-61(43-49)72(10,11)40-19-17-38-70(59,6)7/h12-15,20-36,41-46H,16-19,37-40H2,1-11H3. The molecule has 5 heteroatoms. The Morgan fingerprint density at radius 1 is 0.494 bits per heavy atom. The second-order valence-corrected chi connectivity index (χ2v) is 26.2. The van der Waals surface area contributed by atoms with Gasteiger partial charge in [-0.2, -0.15) is 0 Å². The van der Waals surface area contributed by atoms with E-state index in [1.807, 2.05) is 6.20 Å². The van der Waals surface area contributed by atoms with Crippen LogP contribution in [0.5, 0.6) is 11.5 Å². The molecule has 0 fully saturated rings. The van der Waals surface area contributed by atoms with E-state index in [1.54, 1.807) is 0 Å². The van der Waals surface area contributed by atoms with Crippen LogP contribution in [0.2, 0.25) is 0 Å². The first-order valence-electron chi connectivity index (χ1n) is 28.5. The van der Waals surface area contributed by atoms with Gasteiger partial charge in [-0.25, -0.2) is 4.98 Å². The SMILES string of the molecule is CC(C)(C)c1ccnc(-n2c3ccccc3c3ccc(Oc4cccc(-n5[c-][n+](-c6c(-c7ccc8c(c7)C(C)(C)CCCCC8(C)C)cccc6-c6ccc7c(c6)C(C)(C)CCCCC7(C)C)c6ccccc65)c4)cc32)c1. The zero-order valence-electron chi connectivity index (χ0n) is 47.4. The number of benzene rings is 7. The first-order chi connectivity index (χ1) is 36.8. The number of nitrogens with zero attached hydrogens (tertiary/aromatic N) is 4. The highest BCUT2D eigenvalue weighted by Crippen LogP contribution is 2.48. The van der Waals surface area contributed by atoms with Crippen LogP contribution in [-0.2, 0) is 27.1 Å². The Kier molecular flexibility index (Phi) is 12.3. The van der Waals surface area contributed by atoms with Gasteiger partial charge in [-0.3, -0.25) is 13.7 Å². The molecule has 0 saturated heterocycles. The van der Waals surface area contributed by atoms with Crippen molar-refractivity contribution in [2.75, 3.05) is 0 Å². The normalized spacial score (nSPS) is 17.0. The summed E-state index contributed by atoms with van der Waals surface area (Å²) in [6.07, 6.45) is 15.7. The summed E-state index contributed by atoms with van der Waals surface area (Å²) >= 11 is 0. The molecule has 390 valence electrons. The van der Waals surface area contributed by atoms with E-state index in [9.17, 15) is 0 Å². The molecule has 2 aliphatic rings. The highest BCUT2D eigenvalue weighted by Gasteiger charge is 2.35. The lowest BCUT2D eigenvalue weighted by Crippen LogP contribution is -2.32. The van der Waals surface area contributed by atoms with Crippen LogP contribution < -0.4 is 9.30 Å². The van der Waals surface area contributed by atoms with E-state index in [2.05, 4.69) is 254 Å². The number of rotatable bonds is 7. The maximum atomic E-state index is 6.89. The summed E-state index contributed by atoms with van der Waals surface area (Å²) in [6, 6.07) is 58.4. The lowest BCUT2D eigenvalue weighted by molar-refractivity contribution is -0.571. The lowest BCUT2D eigenvalue weighted by atomic mass is 9.67. The number of para-hydroxylation sites is 4. The molecule has 0 aliphatic heterocycles. The van der Waals surface area contributed by atoms with E-state index in [0.717, 1.165) is 56.1 Å². The summed E-state index contributed by atoms with van der Waals surface area (Å²) < 4.78 is 13.7. The van der Waals surface area contributed by atoms with E-state index in [0.29, 0.717) is 0 Å². The van der Waals surface area contributed by atoms with Crippen LogP contribution in [0.4, 0.5) is 0 Å². The maximum absolute atomic E-state index is 6.89. The Hall–Kier alpha value is -7.24. The van der Waals surface area contributed by atoms with Crippen molar-refractivity contribution in [3.63, 3.8) is 0 Å². The van der Waals surface area contributed by atoms with Gasteiger partial charge < -0.3 is 4.74 Å². The van der Waals surface area contributed by atoms with Crippen LogP contribution in [-0.4, -0.2) is 14.1 Å². The Morgan fingerprint density at radius 2 is 1.04 bits per heavy atom. The number of imidazole rings is 1. The summed E-state index contributed by atoms with van der Waals surface area (Å²) in [6.45, 7) is 26.4. The van der Waals surface area contributed by atoms with Crippen LogP contribution in [0.15, 0.2) is 164 Å². The number of aromatic nitrogens is 4. The zero-order chi connectivity index (χ0) is 53.6. The molecule has 3 aromatic heterocycles. The highest BCUT2D eigenvalue weighted by molar-refractivity contribution is 6.09. The molecule has 12 rings (SSSR count). The van der Waals surface area contributed by atoms with Crippen molar-refractivity contribution >= 4 is 32.8 Å². The third kappa shape index (κ3) is 9.08. The van der Waals surface area contributed by atoms with Crippen LogP contribution in [0.3, 0.4) is 0 Å². The van der Waals surface area contributed by atoms with Gasteiger partial charge in [-0.15, -0.1) is 0 Å². The lowest BCUT2D eigenvalue weighted by Gasteiger charge is -2.38. The third-order valence-electron chi connectivity index (χ3n) is 17.9. The predicted molar refractivity (Wildman–Crippen MR) is 321 cm³/mol. The van der Waals surface area contributed by atoms with Gasteiger partial charge >= 0.3 is 0 Å². The fourth-order valence-electron chi connectivity index (χ4n) is 13.3. The van der Waals surface area contributed by atoms with Gasteiger partial charge in [0.15, 0.2) is 0 Å². The molecule has 0 saturated carbocycles. The van der Waals surface area contributed by atoms with Crippen molar-refractivity contribution in [1.82, 2.24) is 14.1 Å². The molecule has 2 aliphatic carbocycles. The minimum Gasteiger partial charge on any atom is -0.458 e. The van der Waals surface area contributed by atoms with Gasteiger partial charge in [-0.1, -0.05) is 205 Å². The molecule has 3 heterocycles. The zero-order valence-corrected chi connectivity index (χ0v) is 47.4. The molecule has 10 aromatic rings. The quantitative estimate of drug-likeness (QED) is 0.118. The van der Waals surface area contributed by atoms with Gasteiger partial charge in [0.1, 0.15) is 17.3 Å². The molecule has 0 atom stereocenters. The molecule has 0 amide bonds. The number of hydrogen-bond donors (Lipinski definition) is 0. The van der Waals surface area contributed by atoms with E-state index < -0.39 is 0 Å².